The summed E-state index contributed by atoms with van der Waals surface area (Å²) in [5.74, 6) is -0.546. The van der Waals surface area contributed by atoms with Crippen LogP contribution in [0, 0.1) is 15.5 Å². The number of hydrogen-bond donors (Lipinski definition) is 2. The maximum absolute atomic E-state index is 12.8. The van der Waals surface area contributed by atoms with Gasteiger partial charge in [0.1, 0.15) is 0 Å². The number of para-hydroxylation sites is 1. The average Bonchev–Trinajstić information content (AvgIpc) is 3.08. The van der Waals surface area contributed by atoms with Crippen molar-refractivity contribution in [3.05, 3.63) is 45.6 Å². The molecule has 30 heavy (non-hydrogen) atoms. The highest BCUT2D eigenvalue weighted by Crippen LogP contribution is 2.60. The predicted octanol–water partition coefficient (Wildman–Crippen LogP) is 2.60. The van der Waals surface area contributed by atoms with Crippen LogP contribution in [0.3, 0.4) is 0 Å². The Balaban J connectivity index is 0.000000503. The molecule has 5 rings (SSSR count). The summed E-state index contributed by atoms with van der Waals surface area (Å²) in [6, 6.07) is 8.45. The minimum absolute atomic E-state index is 0.0826. The molecule has 3 aliphatic heterocycles. The number of hydrogen-bond acceptors (Lipinski definition) is 6. The molecule has 1 saturated heterocycles. The fourth-order valence-electron chi connectivity index (χ4n) is 6.10. The number of aliphatic hydroxyl groups is 1. The zero-order valence-electron chi connectivity index (χ0n) is 17.2. The van der Waals surface area contributed by atoms with Crippen LogP contribution in [0.25, 0.3) is 10.9 Å². The van der Waals surface area contributed by atoms with Crippen molar-refractivity contribution in [3.8, 4) is 0 Å². The minimum atomic E-state index is -1.63. The second-order valence-electron chi connectivity index (χ2n) is 8.45. The molecule has 9 nitrogen and oxygen atoms in total. The van der Waals surface area contributed by atoms with Crippen LogP contribution >= 0.6 is 0 Å². The molecule has 1 fully saturated rings. The van der Waals surface area contributed by atoms with E-state index in [0.29, 0.717) is 6.42 Å². The number of rotatable bonds is 2. The standard InChI is InChI=1S/C21H26N2O3.HNO3/c1-3-20-10-6-11-22-12-9-15-14-7-4-5-8-16(14)23(17(15)18(20)22)21(25,13-20)19(24)26-2;2-1(3)4/h4-5,7-8,18,25H,3,6,9-13H2,1-2H3;(H,2,3,4)/t18-,20+,21+;/m1./s1. The van der Waals surface area contributed by atoms with E-state index < -0.39 is 16.8 Å². The summed E-state index contributed by atoms with van der Waals surface area (Å²) in [7, 11) is 1.37. The highest BCUT2D eigenvalue weighted by atomic mass is 16.9. The largest absolute Gasteiger partial charge is 0.465 e. The monoisotopic (exact) mass is 417 g/mol. The van der Waals surface area contributed by atoms with Crippen LogP contribution in [-0.2, 0) is 21.7 Å². The molecule has 1 aromatic heterocycles. The van der Waals surface area contributed by atoms with Gasteiger partial charge >= 0.3 is 5.97 Å². The number of methoxy groups -OCH3 is 1. The second-order valence-corrected chi connectivity index (χ2v) is 8.45. The first kappa shape index (κ1) is 20.6. The van der Waals surface area contributed by atoms with Crippen molar-refractivity contribution >= 4 is 16.9 Å². The van der Waals surface area contributed by atoms with Crippen molar-refractivity contribution in [1.82, 2.24) is 9.47 Å². The van der Waals surface area contributed by atoms with Crippen LogP contribution in [0.15, 0.2) is 24.3 Å². The Morgan fingerprint density at radius 3 is 2.73 bits per heavy atom. The van der Waals surface area contributed by atoms with E-state index in [9.17, 15) is 9.90 Å². The van der Waals surface area contributed by atoms with Crippen molar-refractivity contribution in [2.45, 2.75) is 50.8 Å². The normalized spacial score (nSPS) is 29.5. The van der Waals surface area contributed by atoms with Crippen molar-refractivity contribution in [2.24, 2.45) is 5.41 Å². The van der Waals surface area contributed by atoms with E-state index in [1.807, 2.05) is 22.8 Å². The van der Waals surface area contributed by atoms with Crippen molar-refractivity contribution < 1.29 is 24.9 Å². The molecule has 2 aromatic rings. The minimum Gasteiger partial charge on any atom is -0.465 e. The summed E-state index contributed by atoms with van der Waals surface area (Å²) in [5, 5.41) is 26.5. The number of piperidine rings is 1. The summed E-state index contributed by atoms with van der Waals surface area (Å²) in [5.41, 5.74) is 1.69. The van der Waals surface area contributed by atoms with Crippen LogP contribution in [0.1, 0.15) is 49.9 Å². The number of benzene rings is 1. The molecule has 4 heterocycles. The molecule has 0 spiro atoms. The number of esters is 1. The van der Waals surface area contributed by atoms with Gasteiger partial charge in [-0.15, -0.1) is 10.1 Å². The molecule has 2 N–H and O–H groups in total. The van der Waals surface area contributed by atoms with Crippen molar-refractivity contribution in [2.75, 3.05) is 20.2 Å². The van der Waals surface area contributed by atoms with Crippen LogP contribution in [0.5, 0.6) is 0 Å². The fourth-order valence-corrected chi connectivity index (χ4v) is 6.10. The van der Waals surface area contributed by atoms with Crippen molar-refractivity contribution in [1.29, 1.82) is 0 Å². The number of carbonyl (C=O) groups is 1. The van der Waals surface area contributed by atoms with Gasteiger partial charge in [0, 0.05) is 24.0 Å². The molecule has 0 unspecified atom stereocenters. The van der Waals surface area contributed by atoms with E-state index in [4.69, 9.17) is 20.1 Å². The lowest BCUT2D eigenvalue weighted by atomic mass is 9.62. The van der Waals surface area contributed by atoms with Gasteiger partial charge in [-0.05, 0) is 49.3 Å². The van der Waals surface area contributed by atoms with Gasteiger partial charge in [-0.1, -0.05) is 25.1 Å². The highest BCUT2D eigenvalue weighted by molar-refractivity contribution is 5.90. The molecule has 162 valence electrons. The van der Waals surface area contributed by atoms with Gasteiger partial charge in [0.2, 0.25) is 5.72 Å². The Hall–Kier alpha value is -2.65. The molecule has 0 saturated carbocycles. The lowest BCUT2D eigenvalue weighted by molar-refractivity contribution is -0.742. The zero-order valence-corrected chi connectivity index (χ0v) is 17.2. The van der Waals surface area contributed by atoms with Gasteiger partial charge in [0.15, 0.2) is 0 Å². The van der Waals surface area contributed by atoms with Crippen LogP contribution < -0.4 is 0 Å². The van der Waals surface area contributed by atoms with Crippen molar-refractivity contribution in [3.63, 3.8) is 0 Å². The van der Waals surface area contributed by atoms with E-state index >= 15 is 0 Å². The molecule has 9 heteroatoms. The summed E-state index contributed by atoms with van der Waals surface area (Å²) in [4.78, 5) is 23.8. The third-order valence-corrected chi connectivity index (χ3v) is 7.18. The summed E-state index contributed by atoms with van der Waals surface area (Å²) in [6.45, 7) is 4.36. The van der Waals surface area contributed by atoms with Crippen LogP contribution in [0.4, 0.5) is 0 Å². The van der Waals surface area contributed by atoms with E-state index in [-0.39, 0.29) is 11.5 Å². The number of nitrogens with zero attached hydrogens (tertiary/aromatic N) is 3. The molecular weight excluding hydrogens is 390 g/mol. The topological polar surface area (TPSA) is 118 Å². The lowest BCUT2D eigenvalue weighted by Crippen LogP contribution is -2.60. The highest BCUT2D eigenvalue weighted by Gasteiger charge is 2.60. The second kappa shape index (κ2) is 7.24. The molecule has 1 aromatic carbocycles. The Morgan fingerprint density at radius 1 is 1.37 bits per heavy atom. The molecule has 3 atom stereocenters. The van der Waals surface area contributed by atoms with Crippen LogP contribution in [0.2, 0.25) is 0 Å². The van der Waals surface area contributed by atoms with Gasteiger partial charge < -0.3 is 19.6 Å². The SMILES string of the molecule is CC[C@]12CCCN3CCc4c(n(c5ccccc45)[C@@](O)(C(=O)OC)C1)[C@@H]32.O=[N+]([O-])O. The zero-order chi connectivity index (χ0) is 21.7. The Bertz CT molecular complexity index is 1000. The quantitative estimate of drug-likeness (QED) is 0.438. The first-order chi connectivity index (χ1) is 14.3. The Labute approximate surface area is 173 Å². The number of aromatic nitrogens is 1. The number of carbonyl (C=O) groups excluding carboxylic acids is 1. The maximum atomic E-state index is 12.8. The first-order valence-electron chi connectivity index (χ1n) is 10.3. The Morgan fingerprint density at radius 2 is 2.07 bits per heavy atom. The fraction of sp³-hybridized carbons (Fsp3) is 0.571. The summed E-state index contributed by atoms with van der Waals surface area (Å²) < 4.78 is 7.01. The number of ether oxygens (including phenoxy) is 1. The third kappa shape index (κ3) is 2.79. The molecule has 3 aliphatic rings. The lowest BCUT2D eigenvalue weighted by Gasteiger charge is -2.57. The van der Waals surface area contributed by atoms with Gasteiger partial charge in [-0.25, -0.2) is 4.79 Å². The molecule has 0 radical (unpaired) electrons. The predicted molar refractivity (Wildman–Crippen MR) is 108 cm³/mol. The van der Waals surface area contributed by atoms with E-state index in [1.54, 1.807) is 0 Å². The molecule has 0 bridgehead atoms. The molecule has 0 amide bonds. The van der Waals surface area contributed by atoms with Gasteiger partial charge in [0.05, 0.1) is 18.7 Å². The summed E-state index contributed by atoms with van der Waals surface area (Å²) >= 11 is 0. The first-order valence-corrected chi connectivity index (χ1v) is 10.3. The molecule has 0 aliphatic carbocycles. The maximum Gasteiger partial charge on any atom is 0.359 e. The van der Waals surface area contributed by atoms with E-state index in [1.165, 1.54) is 18.1 Å². The third-order valence-electron chi connectivity index (χ3n) is 7.18. The van der Waals surface area contributed by atoms with Gasteiger partial charge in [0.25, 0.3) is 5.09 Å². The smallest absolute Gasteiger partial charge is 0.359 e. The van der Waals surface area contributed by atoms with Crippen LogP contribution in [-0.4, -0.2) is 51.0 Å². The van der Waals surface area contributed by atoms with Gasteiger partial charge in [-0.3, -0.25) is 4.90 Å². The van der Waals surface area contributed by atoms with E-state index in [2.05, 4.69) is 17.9 Å². The van der Waals surface area contributed by atoms with E-state index in [0.717, 1.165) is 50.0 Å². The summed E-state index contributed by atoms with van der Waals surface area (Å²) in [6.07, 6.45) is 4.52. The molecular formula is C21H27N3O6. The Kier molecular flexibility index (Phi) is 4.98. The average molecular weight is 417 g/mol. The number of fused-ring (bicyclic) bond motifs is 3. The van der Waals surface area contributed by atoms with Gasteiger partial charge in [-0.2, -0.15) is 0 Å².